The zero-order valence-electron chi connectivity index (χ0n) is 12.8. The van der Waals surface area contributed by atoms with Gasteiger partial charge in [0.25, 0.3) is 0 Å². The zero-order chi connectivity index (χ0) is 14.4. The molecule has 1 atom stereocenters. The van der Waals surface area contributed by atoms with Crippen LogP contribution in [0.4, 0.5) is 0 Å². The Hall–Kier alpha value is -0.900. The van der Waals surface area contributed by atoms with Crippen molar-refractivity contribution in [3.63, 3.8) is 0 Å². The molecule has 1 aromatic carbocycles. The van der Waals surface area contributed by atoms with Crippen LogP contribution in [0.3, 0.4) is 0 Å². The van der Waals surface area contributed by atoms with Gasteiger partial charge < -0.3 is 10.5 Å². The third-order valence-corrected chi connectivity index (χ3v) is 4.46. The molecule has 1 unspecified atom stereocenters. The third-order valence-electron chi connectivity index (χ3n) is 4.46. The van der Waals surface area contributed by atoms with Gasteiger partial charge in [0.1, 0.15) is 0 Å². The fourth-order valence-electron chi connectivity index (χ4n) is 3.43. The molecule has 1 aliphatic carbocycles. The molecule has 1 fully saturated rings. The molecule has 3 nitrogen and oxygen atoms in total. The van der Waals surface area contributed by atoms with Gasteiger partial charge in [0.15, 0.2) is 0 Å². The molecular weight excluding hydrogens is 248 g/mol. The van der Waals surface area contributed by atoms with Crippen molar-refractivity contribution < 1.29 is 4.74 Å². The average molecular weight is 276 g/mol. The van der Waals surface area contributed by atoms with Gasteiger partial charge in [-0.3, -0.25) is 4.90 Å². The van der Waals surface area contributed by atoms with Crippen molar-refractivity contribution >= 4 is 0 Å². The van der Waals surface area contributed by atoms with E-state index < -0.39 is 0 Å². The van der Waals surface area contributed by atoms with Crippen molar-refractivity contribution in [3.8, 4) is 0 Å². The fraction of sp³-hybridized carbons (Fsp3) is 0.647. The molecule has 20 heavy (non-hydrogen) atoms. The summed E-state index contributed by atoms with van der Waals surface area (Å²) in [4.78, 5) is 2.60. The van der Waals surface area contributed by atoms with E-state index in [4.69, 9.17) is 10.5 Å². The van der Waals surface area contributed by atoms with Crippen LogP contribution in [0.1, 0.15) is 49.8 Å². The molecule has 0 amide bonds. The first-order valence-corrected chi connectivity index (χ1v) is 7.83. The van der Waals surface area contributed by atoms with Crippen molar-refractivity contribution in [2.24, 2.45) is 5.73 Å². The van der Waals surface area contributed by atoms with E-state index in [2.05, 4.69) is 36.1 Å². The average Bonchev–Trinajstić information content (AvgIpc) is 3.00. The molecule has 1 aliphatic rings. The summed E-state index contributed by atoms with van der Waals surface area (Å²) in [6, 6.07) is 9.80. The van der Waals surface area contributed by atoms with Gasteiger partial charge in [-0.05, 0) is 30.5 Å². The molecule has 0 aromatic heterocycles. The predicted molar refractivity (Wildman–Crippen MR) is 83.6 cm³/mol. The molecule has 0 bridgehead atoms. The minimum Gasteiger partial charge on any atom is -0.380 e. The Morgan fingerprint density at radius 3 is 2.40 bits per heavy atom. The molecule has 1 aromatic rings. The van der Waals surface area contributed by atoms with Gasteiger partial charge in [0.05, 0.1) is 6.61 Å². The second-order valence-electron chi connectivity index (χ2n) is 5.69. The minimum absolute atomic E-state index is 0.347. The summed E-state index contributed by atoms with van der Waals surface area (Å²) in [7, 11) is 1.73. The van der Waals surface area contributed by atoms with Crippen LogP contribution < -0.4 is 5.73 Å². The number of ether oxygens (including phenoxy) is 1. The number of hydrogen-bond donors (Lipinski definition) is 1. The highest BCUT2D eigenvalue weighted by molar-refractivity contribution is 5.25. The van der Waals surface area contributed by atoms with Crippen molar-refractivity contribution in [3.05, 3.63) is 35.4 Å². The molecule has 2 N–H and O–H groups in total. The van der Waals surface area contributed by atoms with Crippen molar-refractivity contribution in [2.45, 2.75) is 51.3 Å². The lowest BCUT2D eigenvalue weighted by atomic mass is 10.0. The van der Waals surface area contributed by atoms with Crippen LogP contribution in [-0.2, 0) is 11.3 Å². The number of likely N-dealkylation sites (N-methyl/N-ethyl adjacent to an activating group) is 1. The molecule has 3 heteroatoms. The maximum absolute atomic E-state index is 6.08. The van der Waals surface area contributed by atoms with Crippen LogP contribution in [0.25, 0.3) is 0 Å². The predicted octanol–water partition coefficient (Wildman–Crippen LogP) is 3.10. The summed E-state index contributed by atoms with van der Waals surface area (Å²) >= 11 is 0. The Morgan fingerprint density at radius 1 is 1.25 bits per heavy atom. The van der Waals surface area contributed by atoms with Gasteiger partial charge in [-0.1, -0.05) is 44.0 Å². The second-order valence-corrected chi connectivity index (χ2v) is 5.69. The maximum atomic E-state index is 6.08. The summed E-state index contributed by atoms with van der Waals surface area (Å²) in [5, 5.41) is 0. The summed E-state index contributed by atoms with van der Waals surface area (Å²) < 4.78 is 5.17. The van der Waals surface area contributed by atoms with Crippen LogP contribution in [0.5, 0.6) is 0 Å². The smallest absolute Gasteiger partial charge is 0.0713 e. The molecule has 1 saturated carbocycles. The summed E-state index contributed by atoms with van der Waals surface area (Å²) in [6.45, 7) is 4.69. The minimum atomic E-state index is 0.347. The molecule has 0 spiro atoms. The monoisotopic (exact) mass is 276 g/mol. The Kier molecular flexibility index (Phi) is 6.02. The zero-order valence-corrected chi connectivity index (χ0v) is 12.8. The molecular formula is C17H28N2O. The van der Waals surface area contributed by atoms with Gasteiger partial charge in [0.2, 0.25) is 0 Å². The van der Waals surface area contributed by atoms with E-state index in [-0.39, 0.29) is 0 Å². The lowest BCUT2D eigenvalue weighted by molar-refractivity contribution is 0.147. The lowest BCUT2D eigenvalue weighted by Gasteiger charge is -2.35. The Bertz CT molecular complexity index is 384. The molecule has 112 valence electrons. The van der Waals surface area contributed by atoms with E-state index in [0.717, 1.165) is 6.54 Å². The first-order chi connectivity index (χ1) is 9.80. The molecule has 0 saturated heterocycles. The molecule has 0 heterocycles. The van der Waals surface area contributed by atoms with Crippen LogP contribution in [0.2, 0.25) is 0 Å². The van der Waals surface area contributed by atoms with Crippen LogP contribution in [0.15, 0.2) is 24.3 Å². The maximum Gasteiger partial charge on any atom is 0.0713 e. The first-order valence-electron chi connectivity index (χ1n) is 7.83. The fourth-order valence-corrected chi connectivity index (χ4v) is 3.43. The number of methoxy groups -OCH3 is 1. The Morgan fingerprint density at radius 2 is 1.90 bits per heavy atom. The van der Waals surface area contributed by atoms with Gasteiger partial charge in [-0.2, -0.15) is 0 Å². The highest BCUT2D eigenvalue weighted by Crippen LogP contribution is 2.30. The summed E-state index contributed by atoms with van der Waals surface area (Å²) in [5.41, 5.74) is 8.63. The van der Waals surface area contributed by atoms with E-state index in [1.54, 1.807) is 7.11 Å². The lowest BCUT2D eigenvalue weighted by Crippen LogP contribution is -2.40. The number of hydrogen-bond acceptors (Lipinski definition) is 3. The van der Waals surface area contributed by atoms with Gasteiger partial charge in [0, 0.05) is 25.7 Å². The second kappa shape index (κ2) is 7.77. The van der Waals surface area contributed by atoms with Crippen molar-refractivity contribution in [1.82, 2.24) is 4.90 Å². The van der Waals surface area contributed by atoms with Gasteiger partial charge in [-0.15, -0.1) is 0 Å². The summed E-state index contributed by atoms with van der Waals surface area (Å²) in [5.74, 6) is 0. The highest BCUT2D eigenvalue weighted by Gasteiger charge is 2.27. The standard InChI is InChI=1S/C17H28N2O/c1-3-19(16-6-4-5-7-16)17(12-18)15-10-8-14(9-11-15)13-20-2/h8-11,16-17H,3-7,12-13,18H2,1-2H3. The topological polar surface area (TPSA) is 38.5 Å². The van der Waals surface area contributed by atoms with E-state index in [0.29, 0.717) is 25.2 Å². The Labute approximate surface area is 123 Å². The number of nitrogens with two attached hydrogens (primary N) is 1. The van der Waals surface area contributed by atoms with Gasteiger partial charge in [-0.25, -0.2) is 0 Å². The highest BCUT2D eigenvalue weighted by atomic mass is 16.5. The largest absolute Gasteiger partial charge is 0.380 e. The normalized spacial score (nSPS) is 17.8. The van der Waals surface area contributed by atoms with Crippen LogP contribution in [0, 0.1) is 0 Å². The van der Waals surface area contributed by atoms with E-state index in [9.17, 15) is 0 Å². The number of benzene rings is 1. The molecule has 0 aliphatic heterocycles. The third kappa shape index (κ3) is 3.60. The first kappa shape index (κ1) is 15.5. The molecule has 0 radical (unpaired) electrons. The number of rotatable bonds is 7. The van der Waals surface area contributed by atoms with Crippen molar-refractivity contribution in [1.29, 1.82) is 0 Å². The quantitative estimate of drug-likeness (QED) is 0.831. The van der Waals surface area contributed by atoms with E-state index in [1.165, 1.54) is 36.8 Å². The van der Waals surface area contributed by atoms with Crippen LogP contribution in [-0.4, -0.2) is 31.1 Å². The molecule has 2 rings (SSSR count). The SMILES string of the molecule is CCN(C1CCCC1)C(CN)c1ccc(COC)cc1. The summed E-state index contributed by atoms with van der Waals surface area (Å²) in [6.07, 6.45) is 5.38. The van der Waals surface area contributed by atoms with Crippen molar-refractivity contribution in [2.75, 3.05) is 20.2 Å². The van der Waals surface area contributed by atoms with E-state index in [1.807, 2.05) is 0 Å². The van der Waals surface area contributed by atoms with E-state index >= 15 is 0 Å². The number of nitrogens with zero attached hydrogens (tertiary/aromatic N) is 1. The van der Waals surface area contributed by atoms with Crippen LogP contribution >= 0.6 is 0 Å². The van der Waals surface area contributed by atoms with Gasteiger partial charge >= 0.3 is 0 Å². The Balaban J connectivity index is 2.12.